The third-order valence-electron chi connectivity index (χ3n) is 5.05. The number of fused-ring (bicyclic) bond motifs is 1. The molecule has 4 aromatic rings. The fraction of sp³-hybridized carbons (Fsp3) is 0.167. The van der Waals surface area contributed by atoms with Crippen molar-refractivity contribution in [3.8, 4) is 11.3 Å². The van der Waals surface area contributed by atoms with Gasteiger partial charge >= 0.3 is 0 Å². The van der Waals surface area contributed by atoms with Gasteiger partial charge in [-0.1, -0.05) is 41.9 Å². The summed E-state index contributed by atoms with van der Waals surface area (Å²) in [5.41, 5.74) is 5.47. The first kappa shape index (κ1) is 20.1. The first-order valence-corrected chi connectivity index (χ1v) is 10.1. The molecule has 0 saturated carbocycles. The van der Waals surface area contributed by atoms with Gasteiger partial charge in [0.1, 0.15) is 11.7 Å². The molecule has 6 heteroatoms. The minimum atomic E-state index is -0.427. The van der Waals surface area contributed by atoms with Gasteiger partial charge in [0.25, 0.3) is 0 Å². The van der Waals surface area contributed by atoms with Gasteiger partial charge in [-0.15, -0.1) is 0 Å². The summed E-state index contributed by atoms with van der Waals surface area (Å²) in [6.45, 7) is 2.04. The van der Waals surface area contributed by atoms with E-state index in [9.17, 15) is 4.79 Å². The van der Waals surface area contributed by atoms with Gasteiger partial charge in [-0.2, -0.15) is 0 Å². The third-order valence-corrected chi connectivity index (χ3v) is 5.31. The highest BCUT2D eigenvalue weighted by Gasteiger charge is 2.23. The summed E-state index contributed by atoms with van der Waals surface area (Å²) in [4.78, 5) is 19.7. The van der Waals surface area contributed by atoms with E-state index in [0.29, 0.717) is 5.02 Å². The molecule has 0 aliphatic heterocycles. The fourth-order valence-corrected chi connectivity index (χ4v) is 3.71. The number of imidazole rings is 1. The van der Waals surface area contributed by atoms with Crippen molar-refractivity contribution in [1.29, 1.82) is 0 Å². The van der Waals surface area contributed by atoms with Crippen LogP contribution in [-0.2, 0) is 4.79 Å². The fourth-order valence-electron chi connectivity index (χ4n) is 3.59. The second-order valence-corrected chi connectivity index (χ2v) is 7.97. The van der Waals surface area contributed by atoms with Gasteiger partial charge in [0, 0.05) is 28.7 Å². The maximum atomic E-state index is 13.1. The van der Waals surface area contributed by atoms with E-state index in [-0.39, 0.29) is 5.91 Å². The normalized spacial score (nSPS) is 12.3. The number of hydrogen-bond donors (Lipinski definition) is 1. The number of likely N-dealkylation sites (N-methyl/N-ethyl adjacent to an activating group) is 1. The Bertz CT molecular complexity index is 1200. The lowest BCUT2D eigenvalue weighted by atomic mass is 10.0. The summed E-state index contributed by atoms with van der Waals surface area (Å²) in [7, 11) is 3.77. The average molecular weight is 419 g/mol. The zero-order valence-electron chi connectivity index (χ0n) is 17.1. The first-order chi connectivity index (χ1) is 14.4. The largest absolute Gasteiger partial charge is 0.324 e. The van der Waals surface area contributed by atoms with Gasteiger partial charge in [-0.3, -0.25) is 9.69 Å². The molecule has 2 heterocycles. The van der Waals surface area contributed by atoms with Crippen LogP contribution in [0.2, 0.25) is 5.02 Å². The zero-order valence-corrected chi connectivity index (χ0v) is 17.9. The SMILES string of the molecule is Cc1cccn2cc(-c3cccc(NC(=O)[C@@H](c4ccc(Cl)cc4)N(C)C)c3)nc12. The van der Waals surface area contributed by atoms with Crippen LogP contribution in [-0.4, -0.2) is 34.3 Å². The van der Waals surface area contributed by atoms with Crippen molar-refractivity contribution in [1.82, 2.24) is 14.3 Å². The molecule has 2 aromatic heterocycles. The molecule has 0 unspecified atom stereocenters. The number of halogens is 1. The van der Waals surface area contributed by atoms with Crippen molar-refractivity contribution >= 4 is 28.8 Å². The standard InChI is InChI=1S/C24H23ClN4O/c1-16-6-5-13-29-15-21(27-23(16)29)18-7-4-8-20(14-18)26-24(30)22(28(2)3)17-9-11-19(25)12-10-17/h4-15,22H,1-3H3,(H,26,30)/t22-/m1/s1. The van der Waals surface area contributed by atoms with Crippen molar-refractivity contribution in [2.24, 2.45) is 0 Å². The number of anilines is 1. The van der Waals surface area contributed by atoms with Crippen LogP contribution in [0, 0.1) is 6.92 Å². The number of amides is 1. The molecule has 5 nitrogen and oxygen atoms in total. The van der Waals surface area contributed by atoms with Crippen LogP contribution in [0.4, 0.5) is 5.69 Å². The van der Waals surface area contributed by atoms with Crippen LogP contribution >= 0.6 is 11.6 Å². The smallest absolute Gasteiger partial charge is 0.246 e. The maximum Gasteiger partial charge on any atom is 0.246 e. The molecule has 1 atom stereocenters. The molecule has 0 aliphatic carbocycles. The Morgan fingerprint density at radius 1 is 1.10 bits per heavy atom. The lowest BCUT2D eigenvalue weighted by molar-refractivity contribution is -0.120. The summed E-state index contributed by atoms with van der Waals surface area (Å²) < 4.78 is 2.01. The van der Waals surface area contributed by atoms with E-state index in [1.807, 2.05) is 91.2 Å². The number of pyridine rings is 1. The van der Waals surface area contributed by atoms with E-state index in [4.69, 9.17) is 16.6 Å². The van der Waals surface area contributed by atoms with Crippen molar-refractivity contribution in [3.05, 3.63) is 89.2 Å². The van der Waals surface area contributed by atoms with E-state index in [1.165, 1.54) is 0 Å². The van der Waals surface area contributed by atoms with E-state index in [1.54, 1.807) is 12.1 Å². The minimum absolute atomic E-state index is 0.106. The van der Waals surface area contributed by atoms with Gasteiger partial charge < -0.3 is 9.72 Å². The number of carbonyl (C=O) groups is 1. The number of nitrogens with one attached hydrogen (secondary N) is 1. The Balaban J connectivity index is 1.60. The molecule has 0 aliphatic rings. The molecule has 4 rings (SSSR count). The number of hydrogen-bond acceptors (Lipinski definition) is 3. The van der Waals surface area contributed by atoms with Crippen LogP contribution in [0.1, 0.15) is 17.2 Å². The van der Waals surface area contributed by atoms with E-state index in [0.717, 1.165) is 33.7 Å². The number of nitrogens with zero attached hydrogens (tertiary/aromatic N) is 3. The Morgan fingerprint density at radius 2 is 1.87 bits per heavy atom. The Labute approximate surface area is 180 Å². The van der Waals surface area contributed by atoms with E-state index < -0.39 is 6.04 Å². The van der Waals surface area contributed by atoms with Gasteiger partial charge in [-0.25, -0.2) is 4.98 Å². The summed E-state index contributed by atoms with van der Waals surface area (Å²) in [6.07, 6.45) is 3.98. The second kappa shape index (κ2) is 8.30. The van der Waals surface area contributed by atoms with Gasteiger partial charge in [0.15, 0.2) is 0 Å². The zero-order chi connectivity index (χ0) is 21.3. The second-order valence-electron chi connectivity index (χ2n) is 7.54. The van der Waals surface area contributed by atoms with E-state index >= 15 is 0 Å². The summed E-state index contributed by atoms with van der Waals surface area (Å²) in [6, 6.07) is 18.7. The number of carbonyl (C=O) groups excluding carboxylic acids is 1. The highest BCUT2D eigenvalue weighted by atomic mass is 35.5. The molecule has 30 heavy (non-hydrogen) atoms. The number of rotatable bonds is 5. The number of aromatic nitrogens is 2. The Kier molecular flexibility index (Phi) is 5.57. The predicted molar refractivity (Wildman–Crippen MR) is 122 cm³/mol. The minimum Gasteiger partial charge on any atom is -0.324 e. The van der Waals surface area contributed by atoms with Crippen LogP contribution < -0.4 is 5.32 Å². The Morgan fingerprint density at radius 3 is 2.57 bits per heavy atom. The lowest BCUT2D eigenvalue weighted by Gasteiger charge is -2.24. The lowest BCUT2D eigenvalue weighted by Crippen LogP contribution is -2.32. The molecular formula is C24H23ClN4O. The molecule has 0 bridgehead atoms. The third kappa shape index (κ3) is 4.08. The molecular weight excluding hydrogens is 396 g/mol. The molecule has 1 amide bonds. The number of benzene rings is 2. The summed E-state index contributed by atoms with van der Waals surface area (Å²) >= 11 is 6.00. The highest BCUT2D eigenvalue weighted by Crippen LogP contribution is 2.26. The molecule has 0 fully saturated rings. The van der Waals surface area contributed by atoms with Crippen LogP contribution in [0.5, 0.6) is 0 Å². The van der Waals surface area contributed by atoms with Crippen molar-refractivity contribution in [3.63, 3.8) is 0 Å². The topological polar surface area (TPSA) is 49.6 Å². The molecule has 152 valence electrons. The average Bonchev–Trinajstić information content (AvgIpc) is 3.15. The molecule has 0 saturated heterocycles. The van der Waals surface area contributed by atoms with Crippen molar-refractivity contribution < 1.29 is 4.79 Å². The Hall–Kier alpha value is -3.15. The number of aryl methyl sites for hydroxylation is 1. The monoisotopic (exact) mass is 418 g/mol. The predicted octanol–water partition coefficient (Wildman–Crippen LogP) is 5.20. The summed E-state index contributed by atoms with van der Waals surface area (Å²) in [5, 5.41) is 3.69. The van der Waals surface area contributed by atoms with Crippen molar-refractivity contribution in [2.45, 2.75) is 13.0 Å². The molecule has 0 radical (unpaired) electrons. The van der Waals surface area contributed by atoms with Crippen LogP contribution in [0.15, 0.2) is 73.1 Å². The first-order valence-electron chi connectivity index (χ1n) is 9.70. The van der Waals surface area contributed by atoms with Crippen LogP contribution in [0.3, 0.4) is 0 Å². The van der Waals surface area contributed by atoms with Crippen molar-refractivity contribution in [2.75, 3.05) is 19.4 Å². The van der Waals surface area contributed by atoms with E-state index in [2.05, 4.69) is 5.32 Å². The maximum absolute atomic E-state index is 13.1. The van der Waals surface area contributed by atoms with Crippen LogP contribution in [0.25, 0.3) is 16.9 Å². The highest BCUT2D eigenvalue weighted by molar-refractivity contribution is 6.30. The molecule has 1 N–H and O–H groups in total. The molecule has 2 aromatic carbocycles. The summed E-state index contributed by atoms with van der Waals surface area (Å²) in [5.74, 6) is -0.106. The van der Waals surface area contributed by atoms with Gasteiger partial charge in [-0.05, 0) is 62.5 Å². The quantitative estimate of drug-likeness (QED) is 0.484. The van der Waals surface area contributed by atoms with Gasteiger partial charge in [0.2, 0.25) is 5.91 Å². The molecule has 0 spiro atoms. The van der Waals surface area contributed by atoms with Gasteiger partial charge in [0.05, 0.1) is 5.69 Å².